The van der Waals surface area contributed by atoms with Crippen molar-refractivity contribution in [2.24, 2.45) is 11.0 Å². The molecular formula is C28H28N4O4S. The first-order chi connectivity index (χ1) is 18.1. The van der Waals surface area contributed by atoms with E-state index in [9.17, 15) is 9.59 Å². The molecule has 2 unspecified atom stereocenters. The number of thioether (sulfide) groups is 1. The number of H-pyrrole nitrogens is 1. The van der Waals surface area contributed by atoms with Crippen LogP contribution >= 0.6 is 11.8 Å². The smallest absolute Gasteiger partial charge is 0.253 e. The number of rotatable bonds is 7. The van der Waals surface area contributed by atoms with E-state index >= 15 is 0 Å². The highest BCUT2D eigenvalue weighted by atomic mass is 32.2. The molecule has 1 amide bonds. The quantitative estimate of drug-likeness (QED) is 0.361. The monoisotopic (exact) mass is 516 g/mol. The highest BCUT2D eigenvalue weighted by molar-refractivity contribution is 7.99. The number of ether oxygens (including phenoxy) is 2. The Balaban J connectivity index is 1.46. The van der Waals surface area contributed by atoms with Crippen molar-refractivity contribution in [1.29, 1.82) is 0 Å². The van der Waals surface area contributed by atoms with Crippen LogP contribution in [0.5, 0.6) is 11.5 Å². The van der Waals surface area contributed by atoms with E-state index in [4.69, 9.17) is 14.6 Å². The summed E-state index contributed by atoms with van der Waals surface area (Å²) in [6, 6.07) is 16.9. The van der Waals surface area contributed by atoms with Crippen LogP contribution in [-0.4, -0.2) is 46.6 Å². The second-order valence-corrected chi connectivity index (χ2v) is 9.87. The number of hydrogen-bond acceptors (Lipinski definition) is 7. The Kier molecular flexibility index (Phi) is 7.41. The summed E-state index contributed by atoms with van der Waals surface area (Å²) in [5.41, 5.74) is 3.95. The fourth-order valence-corrected chi connectivity index (χ4v) is 5.56. The molecule has 3 aromatic rings. The second kappa shape index (κ2) is 11.0. The fourth-order valence-electron chi connectivity index (χ4n) is 4.86. The molecule has 1 aromatic heterocycles. The number of methoxy groups -OCH3 is 2. The van der Waals surface area contributed by atoms with E-state index in [1.165, 1.54) is 24.0 Å². The zero-order valence-corrected chi connectivity index (χ0v) is 21.5. The molecule has 2 aliphatic rings. The minimum atomic E-state index is -0.248. The van der Waals surface area contributed by atoms with Crippen molar-refractivity contribution < 1.29 is 14.3 Å². The maximum absolute atomic E-state index is 13.5. The van der Waals surface area contributed by atoms with Gasteiger partial charge in [-0.1, -0.05) is 36.0 Å². The Morgan fingerprint density at radius 3 is 2.46 bits per heavy atom. The predicted molar refractivity (Wildman–Crippen MR) is 144 cm³/mol. The molecule has 1 aliphatic heterocycles. The molecule has 9 heteroatoms. The Morgan fingerprint density at radius 1 is 1.08 bits per heavy atom. The van der Waals surface area contributed by atoms with Gasteiger partial charge in [-0.3, -0.25) is 9.59 Å². The van der Waals surface area contributed by atoms with Crippen molar-refractivity contribution in [1.82, 2.24) is 15.0 Å². The number of amides is 1. The number of aromatic amines is 1. The minimum absolute atomic E-state index is 0.0928. The van der Waals surface area contributed by atoms with Gasteiger partial charge in [0.05, 0.1) is 31.7 Å². The van der Waals surface area contributed by atoms with Crippen LogP contribution in [0.15, 0.2) is 81.4 Å². The van der Waals surface area contributed by atoms with Gasteiger partial charge in [-0.25, -0.2) is 9.99 Å². The van der Waals surface area contributed by atoms with Crippen molar-refractivity contribution in [3.63, 3.8) is 0 Å². The number of allylic oxidation sites excluding steroid dienone is 1. The van der Waals surface area contributed by atoms with Gasteiger partial charge < -0.3 is 14.5 Å². The van der Waals surface area contributed by atoms with Crippen LogP contribution < -0.4 is 15.0 Å². The minimum Gasteiger partial charge on any atom is -0.497 e. The molecule has 1 saturated carbocycles. The van der Waals surface area contributed by atoms with Crippen molar-refractivity contribution in [2.75, 3.05) is 20.0 Å². The van der Waals surface area contributed by atoms with Crippen LogP contribution in [-0.2, 0) is 4.79 Å². The molecule has 0 bridgehead atoms. The van der Waals surface area contributed by atoms with E-state index in [0.29, 0.717) is 5.16 Å². The van der Waals surface area contributed by atoms with Gasteiger partial charge in [0.25, 0.3) is 11.5 Å². The number of nitrogens with one attached hydrogen (secondary N) is 1. The van der Waals surface area contributed by atoms with E-state index in [2.05, 4.69) is 16.0 Å². The van der Waals surface area contributed by atoms with E-state index in [0.717, 1.165) is 53.2 Å². The highest BCUT2D eigenvalue weighted by Crippen LogP contribution is 2.45. The second-order valence-electron chi connectivity index (χ2n) is 8.91. The summed E-state index contributed by atoms with van der Waals surface area (Å²) in [5, 5.41) is 6.96. The first kappa shape index (κ1) is 24.8. The van der Waals surface area contributed by atoms with Crippen molar-refractivity contribution in [3.8, 4) is 11.5 Å². The van der Waals surface area contributed by atoms with Gasteiger partial charge >= 0.3 is 0 Å². The van der Waals surface area contributed by atoms with Crippen LogP contribution in [0.2, 0.25) is 0 Å². The van der Waals surface area contributed by atoms with Crippen LogP contribution in [0.3, 0.4) is 0 Å². The summed E-state index contributed by atoms with van der Waals surface area (Å²) in [7, 11) is 3.29. The van der Waals surface area contributed by atoms with Gasteiger partial charge in [0.1, 0.15) is 11.5 Å². The van der Waals surface area contributed by atoms with E-state index < -0.39 is 0 Å². The van der Waals surface area contributed by atoms with Crippen LogP contribution in [0.1, 0.15) is 36.4 Å². The highest BCUT2D eigenvalue weighted by Gasteiger charge is 2.43. The Labute approximate surface area is 219 Å². The number of carbonyl (C=O) groups is 1. The molecule has 2 aromatic carbocycles. The van der Waals surface area contributed by atoms with E-state index in [1.807, 2.05) is 48.5 Å². The Morgan fingerprint density at radius 2 is 1.78 bits per heavy atom. The first-order valence-electron chi connectivity index (χ1n) is 12.1. The third-order valence-electron chi connectivity index (χ3n) is 6.65. The zero-order chi connectivity index (χ0) is 25.8. The van der Waals surface area contributed by atoms with E-state index in [-0.39, 0.29) is 29.2 Å². The van der Waals surface area contributed by atoms with Gasteiger partial charge in [-0.05, 0) is 66.3 Å². The molecule has 1 fully saturated rings. The maximum atomic E-state index is 13.5. The molecule has 8 nitrogen and oxygen atoms in total. The maximum Gasteiger partial charge on any atom is 0.253 e. The third kappa shape index (κ3) is 5.46. The number of fused-ring (bicyclic) bond motifs is 1. The molecule has 2 atom stereocenters. The molecule has 0 radical (unpaired) electrons. The number of hydrazone groups is 1. The average molecular weight is 517 g/mol. The van der Waals surface area contributed by atoms with Gasteiger partial charge in [-0.15, -0.1) is 0 Å². The first-order valence-corrected chi connectivity index (χ1v) is 13.1. The lowest BCUT2D eigenvalue weighted by atomic mass is 9.77. The molecule has 1 N–H and O–H groups in total. The third-order valence-corrected chi connectivity index (χ3v) is 7.52. The lowest BCUT2D eigenvalue weighted by molar-refractivity contribution is -0.130. The van der Waals surface area contributed by atoms with Gasteiger partial charge in [0.15, 0.2) is 5.16 Å². The molecule has 190 valence electrons. The SMILES string of the molecule is COc1ccc(/C=C2\CCCC3C2=NN(C(=O)CSc2nccc(=O)[nH]2)C3c2ccc(OC)cc2)cc1. The summed E-state index contributed by atoms with van der Waals surface area (Å²) >= 11 is 1.20. The zero-order valence-electron chi connectivity index (χ0n) is 20.7. The number of hydrogen-bond donors (Lipinski definition) is 1. The van der Waals surface area contributed by atoms with Crippen molar-refractivity contribution in [3.05, 3.63) is 87.8 Å². The normalized spacial score (nSPS) is 19.9. The predicted octanol–water partition coefficient (Wildman–Crippen LogP) is 4.70. The van der Waals surface area contributed by atoms with Crippen LogP contribution in [0.25, 0.3) is 6.08 Å². The molecule has 0 saturated heterocycles. The number of nitrogens with zero attached hydrogens (tertiary/aromatic N) is 3. The fraction of sp³-hybridized carbons (Fsp3) is 0.286. The average Bonchev–Trinajstić information content (AvgIpc) is 3.33. The summed E-state index contributed by atoms with van der Waals surface area (Å²) in [6.45, 7) is 0. The van der Waals surface area contributed by atoms with Crippen LogP contribution in [0.4, 0.5) is 0 Å². The van der Waals surface area contributed by atoms with Gasteiger partial charge in [0, 0.05) is 18.2 Å². The lowest BCUT2D eigenvalue weighted by Crippen LogP contribution is -2.33. The van der Waals surface area contributed by atoms with Crippen molar-refractivity contribution in [2.45, 2.75) is 30.5 Å². The number of carbonyl (C=O) groups excluding carboxylic acids is 1. The molecule has 5 rings (SSSR count). The summed E-state index contributed by atoms with van der Waals surface area (Å²) in [5.74, 6) is 1.64. The molecule has 2 heterocycles. The van der Waals surface area contributed by atoms with Crippen molar-refractivity contribution >= 4 is 29.5 Å². The number of aromatic nitrogens is 2. The number of benzene rings is 2. The molecular weight excluding hydrogens is 488 g/mol. The van der Waals surface area contributed by atoms with Gasteiger partial charge in [-0.2, -0.15) is 5.10 Å². The Bertz CT molecular complexity index is 1380. The molecule has 0 spiro atoms. The summed E-state index contributed by atoms with van der Waals surface area (Å²) in [4.78, 5) is 31.9. The topological polar surface area (TPSA) is 96.9 Å². The standard InChI is InChI=1S/C28H28N4O4S/c1-35-21-10-6-18(7-11-21)16-20-4-3-5-23-26(20)31-32(27(23)19-8-12-22(36-2)13-9-19)25(34)17-37-28-29-15-14-24(33)30-28/h6-16,23,27H,3-5,17H2,1-2H3,(H,29,30,33)/b20-16+. The van der Waals surface area contributed by atoms with Crippen LogP contribution in [0, 0.1) is 5.92 Å². The largest absolute Gasteiger partial charge is 0.497 e. The molecule has 1 aliphatic carbocycles. The van der Waals surface area contributed by atoms with Gasteiger partial charge in [0.2, 0.25) is 0 Å². The Hall–Kier alpha value is -3.85. The lowest BCUT2D eigenvalue weighted by Gasteiger charge is -2.29. The molecule has 37 heavy (non-hydrogen) atoms. The van der Waals surface area contributed by atoms with E-state index in [1.54, 1.807) is 19.2 Å². The summed E-state index contributed by atoms with van der Waals surface area (Å²) in [6.07, 6.45) is 6.47. The summed E-state index contributed by atoms with van der Waals surface area (Å²) < 4.78 is 10.6.